The van der Waals surface area contributed by atoms with Crippen molar-refractivity contribution in [1.82, 2.24) is 10.6 Å². The molecule has 2 amide bonds. The lowest BCUT2D eigenvalue weighted by molar-refractivity contribution is -0.254. The number of unbranched alkanes of at least 4 members (excludes halogenated alkanes) is 26. The first kappa shape index (κ1) is 56.5. The number of thiophene rings is 2. The van der Waals surface area contributed by atoms with Crippen LogP contribution >= 0.6 is 22.7 Å². The number of halogens is 6. The Bertz CT molecular complexity index is 2110. The average molecular weight is 1000 g/mol. The summed E-state index contributed by atoms with van der Waals surface area (Å²) in [6, 6.07) is 8.68. The second-order valence-electron chi connectivity index (χ2n) is 19.7. The Balaban J connectivity index is 1.18. The van der Waals surface area contributed by atoms with E-state index in [1.807, 2.05) is 0 Å². The van der Waals surface area contributed by atoms with Crippen LogP contribution in [0.5, 0.6) is 0 Å². The lowest BCUT2D eigenvalue weighted by Crippen LogP contribution is -2.48. The van der Waals surface area contributed by atoms with E-state index in [9.17, 15) is 9.59 Å². The number of amides is 2. The number of carbonyl (C=O) groups is 2. The molecule has 0 radical (unpaired) electrons. The van der Waals surface area contributed by atoms with Crippen LogP contribution in [0.1, 0.15) is 235 Å². The summed E-state index contributed by atoms with van der Waals surface area (Å²) in [4.78, 5) is 26.7. The zero-order valence-corrected chi connectivity index (χ0v) is 43.7. The van der Waals surface area contributed by atoms with Gasteiger partial charge in [0.2, 0.25) is 0 Å². The molecule has 2 N–H and O–H groups in total. The van der Waals surface area contributed by atoms with E-state index in [0.717, 1.165) is 74.0 Å². The number of benzene rings is 2. The number of hydrogen-bond donors (Lipinski definition) is 2. The molecule has 1 aliphatic rings. The van der Waals surface area contributed by atoms with Gasteiger partial charge in [-0.2, -0.15) is 26.3 Å². The highest BCUT2D eigenvalue weighted by molar-refractivity contribution is 7.19. The average Bonchev–Trinajstić information content (AvgIpc) is 3.85. The predicted octanol–water partition coefficient (Wildman–Crippen LogP) is 19.0. The highest BCUT2D eigenvalue weighted by Gasteiger charge is 2.80. The van der Waals surface area contributed by atoms with Gasteiger partial charge in [-0.15, -0.1) is 22.7 Å². The Morgan fingerprint density at radius 3 is 1.00 bits per heavy atom. The van der Waals surface area contributed by atoms with Crippen LogP contribution in [0.3, 0.4) is 0 Å². The molecule has 0 spiro atoms. The molecule has 0 saturated carbocycles. The van der Waals surface area contributed by atoms with E-state index >= 15 is 26.3 Å². The Kier molecular flexibility index (Phi) is 23.0. The number of rotatable bonds is 34. The Labute approximate surface area is 417 Å². The number of carbonyl (C=O) groups excluding carboxylic acids is 2. The summed E-state index contributed by atoms with van der Waals surface area (Å²) in [5.74, 6) is -16.9. The third-order valence-corrected chi connectivity index (χ3v) is 16.2. The van der Waals surface area contributed by atoms with Crippen molar-refractivity contribution in [3.05, 3.63) is 68.4 Å². The van der Waals surface area contributed by atoms with Crippen molar-refractivity contribution >= 4 is 65.8 Å². The molecule has 0 aliphatic heterocycles. The monoisotopic (exact) mass is 1000 g/mol. The Morgan fingerprint density at radius 2 is 0.710 bits per heavy atom. The van der Waals surface area contributed by atoms with Crippen LogP contribution in [0.2, 0.25) is 0 Å². The van der Waals surface area contributed by atoms with Gasteiger partial charge in [0.1, 0.15) is 0 Å². The van der Waals surface area contributed by atoms with Crippen molar-refractivity contribution in [2.75, 3.05) is 13.1 Å². The molecule has 4 nitrogen and oxygen atoms in total. The molecule has 0 saturated heterocycles. The van der Waals surface area contributed by atoms with Gasteiger partial charge in [-0.1, -0.05) is 193 Å². The molecule has 0 atom stereocenters. The maximum absolute atomic E-state index is 16.2. The number of nitrogens with one attached hydrogen (secondary N) is 2. The van der Waals surface area contributed by atoms with E-state index in [2.05, 4.69) is 24.5 Å². The first-order chi connectivity index (χ1) is 33.2. The largest absolute Gasteiger partial charge is 0.380 e. The third kappa shape index (κ3) is 14.9. The molecule has 0 fully saturated rings. The first-order valence-electron chi connectivity index (χ1n) is 26.7. The van der Waals surface area contributed by atoms with Gasteiger partial charge in [0.25, 0.3) is 11.8 Å². The molecule has 2 aromatic carbocycles. The summed E-state index contributed by atoms with van der Waals surface area (Å²) >= 11 is 2.00. The van der Waals surface area contributed by atoms with Crippen LogP contribution in [0, 0.1) is 13.8 Å². The third-order valence-electron chi connectivity index (χ3n) is 14.1. The van der Waals surface area contributed by atoms with Gasteiger partial charge in [0, 0.05) is 76.4 Å². The number of hydrogen-bond acceptors (Lipinski definition) is 4. The topological polar surface area (TPSA) is 58.2 Å². The van der Waals surface area contributed by atoms with Gasteiger partial charge < -0.3 is 10.6 Å². The predicted molar refractivity (Wildman–Crippen MR) is 280 cm³/mol. The molecule has 0 bridgehead atoms. The van der Waals surface area contributed by atoms with Crippen molar-refractivity contribution in [2.24, 2.45) is 0 Å². The van der Waals surface area contributed by atoms with Gasteiger partial charge in [-0.25, -0.2) is 0 Å². The SMILES string of the molecule is CCCCCCCCCCCCCCCCNC(=O)c1ccc2c(C3=C(c4c(C)sc5cc(C(=O)NCCCCCCCCCCCCCCCC)ccc45)C(F)(F)C(F)(F)C3(F)F)c(C)sc2c1. The van der Waals surface area contributed by atoms with Crippen molar-refractivity contribution in [3.63, 3.8) is 0 Å². The fourth-order valence-corrected chi connectivity index (χ4v) is 12.2. The quantitative estimate of drug-likeness (QED) is 0.0362. The zero-order valence-electron chi connectivity index (χ0n) is 42.1. The highest BCUT2D eigenvalue weighted by Crippen LogP contribution is 2.67. The molecular weight excluding hydrogens is 923 g/mol. The molecule has 2 aromatic heterocycles. The minimum absolute atomic E-state index is 0.0941. The summed E-state index contributed by atoms with van der Waals surface area (Å²) in [7, 11) is 0. The summed E-state index contributed by atoms with van der Waals surface area (Å²) in [6.07, 6.45) is 34.2. The maximum atomic E-state index is 16.2. The fourth-order valence-electron chi connectivity index (χ4n) is 9.98. The van der Waals surface area contributed by atoms with Crippen molar-refractivity contribution < 1.29 is 35.9 Å². The molecular formula is C57H80F6N2O2S2. The van der Waals surface area contributed by atoms with Crippen molar-refractivity contribution in [1.29, 1.82) is 0 Å². The van der Waals surface area contributed by atoms with E-state index in [-0.39, 0.29) is 54.6 Å². The normalized spacial score (nSPS) is 15.2. The van der Waals surface area contributed by atoms with Crippen molar-refractivity contribution in [2.45, 2.75) is 225 Å². The summed E-state index contributed by atoms with van der Waals surface area (Å²) in [5, 5.41) is 6.03. The highest BCUT2D eigenvalue weighted by atomic mass is 32.1. The lowest BCUT2D eigenvalue weighted by atomic mass is 9.91. The second kappa shape index (κ2) is 28.0. The maximum Gasteiger partial charge on any atom is 0.380 e. The molecule has 4 aromatic rings. The van der Waals surface area contributed by atoms with Crippen molar-refractivity contribution in [3.8, 4) is 0 Å². The van der Waals surface area contributed by atoms with E-state index in [4.69, 9.17) is 0 Å². The van der Waals surface area contributed by atoms with E-state index in [0.29, 0.717) is 22.5 Å². The molecule has 12 heteroatoms. The van der Waals surface area contributed by atoms with Crippen LogP contribution in [-0.4, -0.2) is 42.7 Å². The first-order valence-corrected chi connectivity index (χ1v) is 28.3. The number of alkyl halides is 6. The summed E-state index contributed by atoms with van der Waals surface area (Å²) < 4.78 is 96.8. The van der Waals surface area contributed by atoms with Crippen LogP contribution in [0.4, 0.5) is 26.3 Å². The van der Waals surface area contributed by atoms with Crippen LogP contribution < -0.4 is 10.6 Å². The Morgan fingerprint density at radius 1 is 0.435 bits per heavy atom. The molecule has 2 heterocycles. The van der Waals surface area contributed by atoms with Gasteiger partial charge in [0.05, 0.1) is 0 Å². The standard InChI is InChI=1S/C57H80F6N2O2S2/c1-5-7-9-11-13-15-17-19-21-23-25-27-29-31-37-64-53(66)43-33-35-45-47(39-43)68-41(3)49(45)51-52(56(60,61)57(62,63)55(51,58)59)50-42(4)69-48-40-44(34-36-46(48)50)54(67)65-38-32-30-28-26-24-22-20-18-16-14-12-10-8-6-2/h33-36,39-40H,5-32,37-38H2,1-4H3,(H,64,66)(H,65,67). The van der Waals surface area contributed by atoms with Gasteiger partial charge in [-0.3, -0.25) is 9.59 Å². The van der Waals surface area contributed by atoms with E-state index in [1.54, 1.807) is 0 Å². The van der Waals surface area contributed by atoms with Crippen LogP contribution in [0.25, 0.3) is 31.3 Å². The van der Waals surface area contributed by atoms with Crippen LogP contribution in [0.15, 0.2) is 36.4 Å². The van der Waals surface area contributed by atoms with Gasteiger partial charge in [0.15, 0.2) is 0 Å². The smallest absolute Gasteiger partial charge is 0.352 e. The number of aryl methyl sites for hydroxylation is 2. The van der Waals surface area contributed by atoms with Gasteiger partial charge >= 0.3 is 17.8 Å². The minimum Gasteiger partial charge on any atom is -0.352 e. The molecule has 0 unspecified atom stereocenters. The minimum atomic E-state index is -5.73. The summed E-state index contributed by atoms with van der Waals surface area (Å²) in [6.45, 7) is 8.31. The summed E-state index contributed by atoms with van der Waals surface area (Å²) in [5.41, 5.74) is -3.03. The second-order valence-corrected chi connectivity index (χ2v) is 22.2. The molecule has 69 heavy (non-hydrogen) atoms. The molecule has 5 rings (SSSR count). The molecule has 1 aliphatic carbocycles. The molecule has 384 valence electrons. The van der Waals surface area contributed by atoms with Gasteiger partial charge in [-0.05, 0) is 51.0 Å². The van der Waals surface area contributed by atoms with E-state index in [1.165, 1.54) is 179 Å². The number of allylic oxidation sites excluding steroid dienone is 2. The zero-order chi connectivity index (χ0) is 49.9. The fraction of sp³-hybridized carbons (Fsp3) is 0.649. The number of fused-ring (bicyclic) bond motifs is 2. The lowest BCUT2D eigenvalue weighted by Gasteiger charge is -2.26. The van der Waals surface area contributed by atoms with Crippen LogP contribution in [-0.2, 0) is 0 Å². The Hall–Kier alpha value is -3.38. The van der Waals surface area contributed by atoms with E-state index < -0.39 is 28.9 Å².